The van der Waals surface area contributed by atoms with Crippen LogP contribution in [0.5, 0.6) is 0 Å². The van der Waals surface area contributed by atoms with E-state index in [0.717, 1.165) is 17.3 Å². The van der Waals surface area contributed by atoms with E-state index in [1.165, 1.54) is 11.3 Å². The van der Waals surface area contributed by atoms with Gasteiger partial charge in [0.1, 0.15) is 5.01 Å². The molecular weight excluding hydrogens is 476 g/mol. The highest BCUT2D eigenvalue weighted by molar-refractivity contribution is 9.10. The SMILES string of the molecule is O=C(Nc1cccc(Cl)c1)c1nnc([C@@H]2CCCN2C(=O)c2ccc(Br)cc2)s1. The third-order valence-corrected chi connectivity index (χ3v) is 6.39. The van der Waals surface area contributed by atoms with Crippen molar-refractivity contribution in [1.82, 2.24) is 15.1 Å². The monoisotopic (exact) mass is 490 g/mol. The van der Waals surface area contributed by atoms with Gasteiger partial charge in [0.2, 0.25) is 5.01 Å². The number of aromatic nitrogens is 2. The van der Waals surface area contributed by atoms with Crippen molar-refractivity contribution in [2.24, 2.45) is 0 Å². The van der Waals surface area contributed by atoms with Crippen LogP contribution < -0.4 is 5.32 Å². The summed E-state index contributed by atoms with van der Waals surface area (Å²) in [7, 11) is 0. The van der Waals surface area contributed by atoms with Crippen molar-refractivity contribution in [1.29, 1.82) is 0 Å². The van der Waals surface area contributed by atoms with E-state index in [2.05, 4.69) is 31.4 Å². The first-order chi connectivity index (χ1) is 14.0. The fraction of sp³-hybridized carbons (Fsp3) is 0.200. The van der Waals surface area contributed by atoms with Gasteiger partial charge in [-0.1, -0.05) is 44.9 Å². The number of nitrogens with one attached hydrogen (secondary N) is 1. The molecule has 4 rings (SSSR count). The van der Waals surface area contributed by atoms with Gasteiger partial charge in [-0.05, 0) is 55.3 Å². The third kappa shape index (κ3) is 4.49. The van der Waals surface area contributed by atoms with Gasteiger partial charge < -0.3 is 10.2 Å². The summed E-state index contributed by atoms with van der Waals surface area (Å²) < 4.78 is 0.923. The van der Waals surface area contributed by atoms with Gasteiger partial charge >= 0.3 is 0 Å². The zero-order valence-corrected chi connectivity index (χ0v) is 18.3. The maximum Gasteiger partial charge on any atom is 0.286 e. The second-order valence-corrected chi connectivity index (χ2v) is 8.93. The predicted molar refractivity (Wildman–Crippen MR) is 116 cm³/mol. The average Bonchev–Trinajstić information content (AvgIpc) is 3.37. The highest BCUT2D eigenvalue weighted by atomic mass is 79.9. The van der Waals surface area contributed by atoms with Gasteiger partial charge in [-0.2, -0.15) is 0 Å². The number of anilines is 1. The summed E-state index contributed by atoms with van der Waals surface area (Å²) in [6.45, 7) is 0.656. The van der Waals surface area contributed by atoms with Crippen LogP contribution >= 0.6 is 38.9 Å². The second-order valence-electron chi connectivity index (χ2n) is 6.57. The molecule has 2 amide bonds. The van der Waals surface area contributed by atoms with E-state index < -0.39 is 0 Å². The first kappa shape index (κ1) is 20.0. The maximum absolute atomic E-state index is 12.9. The lowest BCUT2D eigenvalue weighted by Crippen LogP contribution is -2.30. The van der Waals surface area contributed by atoms with Gasteiger partial charge in [0.25, 0.3) is 11.8 Å². The summed E-state index contributed by atoms with van der Waals surface area (Å²) in [5, 5.41) is 12.5. The minimum absolute atomic E-state index is 0.0415. The molecule has 1 fully saturated rings. The largest absolute Gasteiger partial charge is 0.329 e. The summed E-state index contributed by atoms with van der Waals surface area (Å²) in [4.78, 5) is 27.2. The molecule has 0 radical (unpaired) electrons. The van der Waals surface area contributed by atoms with Crippen molar-refractivity contribution in [2.75, 3.05) is 11.9 Å². The molecule has 1 aliphatic heterocycles. The van der Waals surface area contributed by atoms with E-state index in [9.17, 15) is 9.59 Å². The smallest absolute Gasteiger partial charge is 0.286 e. The first-order valence-electron chi connectivity index (χ1n) is 8.98. The Kier molecular flexibility index (Phi) is 5.94. The van der Waals surface area contributed by atoms with Crippen molar-refractivity contribution in [3.05, 3.63) is 73.6 Å². The van der Waals surface area contributed by atoms with Crippen molar-refractivity contribution in [2.45, 2.75) is 18.9 Å². The van der Waals surface area contributed by atoms with E-state index in [1.807, 2.05) is 17.0 Å². The Bertz CT molecular complexity index is 1060. The summed E-state index contributed by atoms with van der Waals surface area (Å²) in [6, 6.07) is 14.0. The van der Waals surface area contributed by atoms with Gasteiger partial charge in [-0.15, -0.1) is 10.2 Å². The molecule has 0 unspecified atom stereocenters. The quantitative estimate of drug-likeness (QED) is 0.545. The molecule has 0 aliphatic carbocycles. The average molecular weight is 492 g/mol. The molecule has 0 saturated carbocycles. The van der Waals surface area contributed by atoms with Crippen LogP contribution in [-0.4, -0.2) is 33.5 Å². The summed E-state index contributed by atoms with van der Waals surface area (Å²) in [5.74, 6) is -0.389. The summed E-state index contributed by atoms with van der Waals surface area (Å²) in [5.41, 5.74) is 1.22. The number of nitrogens with zero attached hydrogens (tertiary/aromatic N) is 3. The normalized spacial score (nSPS) is 16.1. The van der Waals surface area contributed by atoms with Crippen molar-refractivity contribution in [3.63, 3.8) is 0 Å². The first-order valence-corrected chi connectivity index (χ1v) is 11.0. The van der Waals surface area contributed by atoms with Crippen molar-refractivity contribution in [3.8, 4) is 0 Å². The van der Waals surface area contributed by atoms with Crippen molar-refractivity contribution < 1.29 is 9.59 Å². The van der Waals surface area contributed by atoms with Crippen LogP contribution in [0.15, 0.2) is 53.0 Å². The van der Waals surface area contributed by atoms with Crippen LogP contribution in [0.4, 0.5) is 5.69 Å². The van der Waals surface area contributed by atoms with Gasteiger partial charge in [0.15, 0.2) is 0 Å². The molecule has 1 aliphatic rings. The zero-order chi connectivity index (χ0) is 20.4. The van der Waals surface area contributed by atoms with E-state index in [-0.39, 0.29) is 22.9 Å². The Labute approximate surface area is 185 Å². The van der Waals surface area contributed by atoms with Gasteiger partial charge in [-0.3, -0.25) is 9.59 Å². The number of likely N-dealkylation sites (tertiary alicyclic amines) is 1. The minimum atomic E-state index is -0.347. The number of halogens is 2. The Morgan fingerprint density at radius 2 is 1.97 bits per heavy atom. The number of carbonyl (C=O) groups excluding carboxylic acids is 2. The molecule has 9 heteroatoms. The molecule has 2 heterocycles. The lowest BCUT2D eigenvalue weighted by atomic mass is 10.2. The van der Waals surface area contributed by atoms with Crippen LogP contribution in [0.3, 0.4) is 0 Å². The third-order valence-electron chi connectivity index (χ3n) is 4.61. The lowest BCUT2D eigenvalue weighted by molar-refractivity contribution is 0.0735. The number of rotatable bonds is 4. The fourth-order valence-corrected chi connectivity index (χ4v) is 4.58. The molecule has 1 N–H and O–H groups in total. The molecule has 0 spiro atoms. The van der Waals surface area contributed by atoms with Crippen LogP contribution in [0.25, 0.3) is 0 Å². The van der Waals surface area contributed by atoms with E-state index in [4.69, 9.17) is 11.6 Å². The van der Waals surface area contributed by atoms with E-state index in [0.29, 0.717) is 27.8 Å². The Hall–Kier alpha value is -2.29. The number of carbonyl (C=O) groups is 2. The Balaban J connectivity index is 1.49. The van der Waals surface area contributed by atoms with Crippen LogP contribution in [0, 0.1) is 0 Å². The molecule has 1 atom stereocenters. The van der Waals surface area contributed by atoms with Gasteiger partial charge in [0, 0.05) is 27.3 Å². The Morgan fingerprint density at radius 3 is 2.72 bits per heavy atom. The number of hydrogen-bond donors (Lipinski definition) is 1. The summed E-state index contributed by atoms with van der Waals surface area (Å²) >= 11 is 10.5. The Morgan fingerprint density at radius 1 is 1.17 bits per heavy atom. The minimum Gasteiger partial charge on any atom is -0.329 e. The molecular formula is C20H16BrClN4O2S. The standard InChI is InChI=1S/C20H16BrClN4O2S/c21-13-8-6-12(7-9-13)20(28)26-10-2-5-16(26)18-24-25-19(29-18)17(27)23-15-4-1-3-14(22)11-15/h1,3-4,6-9,11,16H,2,5,10H2,(H,23,27)/t16-/m0/s1. The van der Waals surface area contributed by atoms with Crippen molar-refractivity contribution >= 4 is 56.4 Å². The van der Waals surface area contributed by atoms with Gasteiger partial charge in [0.05, 0.1) is 6.04 Å². The molecule has 6 nitrogen and oxygen atoms in total. The predicted octanol–water partition coefficient (Wildman–Crippen LogP) is 5.18. The number of amides is 2. The van der Waals surface area contributed by atoms with Crippen LogP contribution in [0.2, 0.25) is 5.02 Å². The molecule has 148 valence electrons. The van der Waals surface area contributed by atoms with Crippen LogP contribution in [-0.2, 0) is 0 Å². The molecule has 29 heavy (non-hydrogen) atoms. The maximum atomic E-state index is 12.9. The highest BCUT2D eigenvalue weighted by Gasteiger charge is 2.33. The zero-order valence-electron chi connectivity index (χ0n) is 15.1. The molecule has 0 bridgehead atoms. The topological polar surface area (TPSA) is 75.2 Å². The molecule has 3 aromatic rings. The van der Waals surface area contributed by atoms with E-state index in [1.54, 1.807) is 36.4 Å². The van der Waals surface area contributed by atoms with E-state index >= 15 is 0 Å². The highest BCUT2D eigenvalue weighted by Crippen LogP contribution is 2.35. The second kappa shape index (κ2) is 8.61. The molecule has 1 saturated heterocycles. The molecule has 2 aromatic carbocycles. The number of benzene rings is 2. The van der Waals surface area contributed by atoms with Gasteiger partial charge in [-0.25, -0.2) is 0 Å². The fourth-order valence-electron chi connectivity index (χ4n) is 3.24. The molecule has 1 aromatic heterocycles. The van der Waals surface area contributed by atoms with Crippen LogP contribution in [0.1, 0.15) is 44.1 Å². The summed E-state index contributed by atoms with van der Waals surface area (Å²) in [6.07, 6.45) is 1.68. The lowest BCUT2D eigenvalue weighted by Gasteiger charge is -2.22. The number of hydrogen-bond acceptors (Lipinski definition) is 5.